The van der Waals surface area contributed by atoms with E-state index in [1.54, 1.807) is 6.07 Å². The van der Waals surface area contributed by atoms with Crippen molar-refractivity contribution < 1.29 is 12.8 Å². The molecule has 0 aromatic heterocycles. The third-order valence-corrected chi connectivity index (χ3v) is 5.36. The van der Waals surface area contributed by atoms with Crippen LogP contribution in [0.1, 0.15) is 24.5 Å². The summed E-state index contributed by atoms with van der Waals surface area (Å²) in [4.78, 5) is 0. The third-order valence-electron chi connectivity index (χ3n) is 4.09. The first-order chi connectivity index (χ1) is 9.77. The fraction of sp³-hybridized carbons (Fsp3) is 0.600. The van der Waals surface area contributed by atoms with Crippen molar-refractivity contribution in [2.45, 2.75) is 32.9 Å². The van der Waals surface area contributed by atoms with Gasteiger partial charge in [0.1, 0.15) is 5.82 Å². The highest BCUT2D eigenvalue weighted by molar-refractivity contribution is 7.88. The molecule has 2 rings (SSSR count). The van der Waals surface area contributed by atoms with Gasteiger partial charge in [-0.1, -0.05) is 24.6 Å². The van der Waals surface area contributed by atoms with Crippen molar-refractivity contribution in [2.24, 2.45) is 5.92 Å². The van der Waals surface area contributed by atoms with Crippen molar-refractivity contribution in [3.63, 3.8) is 0 Å². The Hall–Kier alpha value is -0.980. The monoisotopic (exact) mass is 314 g/mol. The van der Waals surface area contributed by atoms with Gasteiger partial charge in [0.25, 0.3) is 0 Å². The molecule has 118 valence electrons. The minimum absolute atomic E-state index is 0.200. The minimum Gasteiger partial charge on any atom is -0.309 e. The summed E-state index contributed by atoms with van der Waals surface area (Å²) in [5, 5.41) is 3.37. The van der Waals surface area contributed by atoms with Crippen molar-refractivity contribution in [3.8, 4) is 0 Å². The number of halogens is 1. The van der Waals surface area contributed by atoms with E-state index in [0.717, 1.165) is 12.0 Å². The number of hydrogen-bond donors (Lipinski definition) is 1. The van der Waals surface area contributed by atoms with Gasteiger partial charge in [0, 0.05) is 31.2 Å². The summed E-state index contributed by atoms with van der Waals surface area (Å²) in [7, 11) is -3.12. The van der Waals surface area contributed by atoms with Gasteiger partial charge in [-0.3, -0.25) is 0 Å². The maximum atomic E-state index is 13.7. The lowest BCUT2D eigenvalue weighted by molar-refractivity contribution is 0.219. The summed E-state index contributed by atoms with van der Waals surface area (Å²) < 4.78 is 38.3. The highest BCUT2D eigenvalue weighted by atomic mass is 32.2. The molecule has 1 aliphatic rings. The number of piperidine rings is 1. The molecular formula is C15H23FN2O2S. The number of nitrogens with one attached hydrogen (secondary N) is 1. The minimum atomic E-state index is -3.12. The van der Waals surface area contributed by atoms with E-state index in [-0.39, 0.29) is 17.8 Å². The van der Waals surface area contributed by atoms with Crippen LogP contribution < -0.4 is 5.32 Å². The second-order valence-electron chi connectivity index (χ2n) is 5.97. The predicted molar refractivity (Wildman–Crippen MR) is 82.0 cm³/mol. The first-order valence-electron chi connectivity index (χ1n) is 7.21. The second kappa shape index (κ2) is 6.42. The highest BCUT2D eigenvalue weighted by Gasteiger charge is 2.30. The highest BCUT2D eigenvalue weighted by Crippen LogP contribution is 2.20. The molecule has 1 aromatic rings. The second-order valence-corrected chi connectivity index (χ2v) is 7.95. The van der Waals surface area contributed by atoms with Crippen molar-refractivity contribution in [2.75, 3.05) is 19.3 Å². The zero-order valence-electron chi connectivity index (χ0n) is 12.8. The van der Waals surface area contributed by atoms with Crippen molar-refractivity contribution in [1.29, 1.82) is 0 Å². The van der Waals surface area contributed by atoms with Crippen molar-refractivity contribution >= 4 is 10.0 Å². The molecule has 6 heteroatoms. The van der Waals surface area contributed by atoms with Gasteiger partial charge in [-0.15, -0.1) is 0 Å². The fourth-order valence-electron chi connectivity index (χ4n) is 2.79. The van der Waals surface area contributed by atoms with Crippen LogP contribution in [0.2, 0.25) is 0 Å². The van der Waals surface area contributed by atoms with Gasteiger partial charge >= 0.3 is 0 Å². The van der Waals surface area contributed by atoms with Crippen LogP contribution in [0, 0.1) is 18.7 Å². The first kappa shape index (κ1) is 16.4. The molecule has 2 atom stereocenters. The van der Waals surface area contributed by atoms with E-state index in [1.165, 1.54) is 16.6 Å². The smallest absolute Gasteiger partial charge is 0.211 e. The summed E-state index contributed by atoms with van der Waals surface area (Å²) in [6.45, 7) is 5.49. The van der Waals surface area contributed by atoms with Crippen LogP contribution in [0.15, 0.2) is 18.2 Å². The number of sulfonamides is 1. The maximum Gasteiger partial charge on any atom is 0.211 e. The number of nitrogens with zero attached hydrogens (tertiary/aromatic N) is 1. The zero-order chi connectivity index (χ0) is 15.6. The van der Waals surface area contributed by atoms with Crippen LogP contribution in [0.5, 0.6) is 0 Å². The molecule has 0 spiro atoms. The summed E-state index contributed by atoms with van der Waals surface area (Å²) in [5.41, 5.74) is 1.70. The molecule has 0 aliphatic carbocycles. The molecule has 0 saturated carbocycles. The summed E-state index contributed by atoms with van der Waals surface area (Å²) in [5.74, 6) is 0.00988. The molecular weight excluding hydrogens is 291 g/mol. The number of hydrogen-bond acceptors (Lipinski definition) is 3. The Kier molecular flexibility index (Phi) is 5.01. The Morgan fingerprint density at radius 3 is 2.76 bits per heavy atom. The van der Waals surface area contributed by atoms with Gasteiger partial charge in [0.05, 0.1) is 6.26 Å². The van der Waals surface area contributed by atoms with E-state index in [1.807, 2.05) is 19.9 Å². The molecule has 1 saturated heterocycles. The molecule has 0 unspecified atom stereocenters. The summed E-state index contributed by atoms with van der Waals surface area (Å²) in [6.07, 6.45) is 2.00. The zero-order valence-corrected chi connectivity index (χ0v) is 13.6. The number of aryl methyl sites for hydroxylation is 1. The Morgan fingerprint density at radius 1 is 1.43 bits per heavy atom. The Balaban J connectivity index is 1.94. The van der Waals surface area contributed by atoms with E-state index >= 15 is 0 Å². The maximum absolute atomic E-state index is 13.7. The van der Waals surface area contributed by atoms with Crippen LogP contribution >= 0.6 is 0 Å². The van der Waals surface area contributed by atoms with E-state index in [2.05, 4.69) is 5.32 Å². The summed E-state index contributed by atoms with van der Waals surface area (Å²) >= 11 is 0. The third kappa shape index (κ3) is 4.25. The Bertz CT molecular complexity index is 604. The Morgan fingerprint density at radius 2 is 2.14 bits per heavy atom. The van der Waals surface area contributed by atoms with Crippen molar-refractivity contribution in [3.05, 3.63) is 35.1 Å². The lowest BCUT2D eigenvalue weighted by Crippen LogP contribution is -2.49. The SMILES string of the molecule is Cc1ccc(F)c(CN[C@@H]2CCN(S(C)(=O)=O)C[C@H]2C)c1. The van der Waals surface area contributed by atoms with E-state index in [9.17, 15) is 12.8 Å². The molecule has 1 heterocycles. The largest absolute Gasteiger partial charge is 0.309 e. The van der Waals surface area contributed by atoms with Gasteiger partial charge in [0.2, 0.25) is 10.0 Å². The molecule has 21 heavy (non-hydrogen) atoms. The van der Waals surface area contributed by atoms with Gasteiger partial charge in [0.15, 0.2) is 0 Å². The normalized spacial score (nSPS) is 24.2. The topological polar surface area (TPSA) is 49.4 Å². The average molecular weight is 314 g/mol. The van der Waals surface area contributed by atoms with Crippen LogP contribution in [0.3, 0.4) is 0 Å². The lowest BCUT2D eigenvalue weighted by Gasteiger charge is -2.36. The van der Waals surface area contributed by atoms with E-state index < -0.39 is 10.0 Å². The lowest BCUT2D eigenvalue weighted by atomic mass is 9.95. The van der Waals surface area contributed by atoms with Crippen LogP contribution in [-0.4, -0.2) is 38.1 Å². The molecule has 0 amide bonds. The molecule has 0 radical (unpaired) electrons. The first-order valence-corrected chi connectivity index (χ1v) is 9.05. The van der Waals surface area contributed by atoms with E-state index in [0.29, 0.717) is 25.2 Å². The van der Waals surface area contributed by atoms with Crippen LogP contribution in [-0.2, 0) is 16.6 Å². The fourth-order valence-corrected chi connectivity index (χ4v) is 3.73. The molecule has 1 aliphatic heterocycles. The number of benzene rings is 1. The molecule has 0 bridgehead atoms. The molecule has 4 nitrogen and oxygen atoms in total. The van der Waals surface area contributed by atoms with Gasteiger partial charge < -0.3 is 5.32 Å². The molecule has 1 N–H and O–H groups in total. The van der Waals surface area contributed by atoms with Crippen LogP contribution in [0.4, 0.5) is 4.39 Å². The quantitative estimate of drug-likeness (QED) is 0.923. The summed E-state index contributed by atoms with van der Waals surface area (Å²) in [6, 6.07) is 5.30. The standard InChI is InChI=1S/C15H23FN2O2S/c1-11-4-5-14(16)13(8-11)9-17-15-6-7-18(10-12(15)2)21(3,19)20/h4-5,8,12,15,17H,6-7,9-10H2,1-3H3/t12-,15-/m1/s1. The molecule has 1 aromatic carbocycles. The number of rotatable bonds is 4. The average Bonchev–Trinajstić information content (AvgIpc) is 2.40. The van der Waals surface area contributed by atoms with Crippen LogP contribution in [0.25, 0.3) is 0 Å². The Labute approximate surface area is 126 Å². The van der Waals surface area contributed by atoms with Gasteiger partial charge in [-0.2, -0.15) is 0 Å². The van der Waals surface area contributed by atoms with E-state index in [4.69, 9.17) is 0 Å². The molecule has 1 fully saturated rings. The van der Waals surface area contributed by atoms with Gasteiger partial charge in [-0.05, 0) is 25.3 Å². The van der Waals surface area contributed by atoms with Gasteiger partial charge in [-0.25, -0.2) is 17.1 Å². The van der Waals surface area contributed by atoms with Crippen molar-refractivity contribution in [1.82, 2.24) is 9.62 Å². The predicted octanol–water partition coefficient (Wildman–Crippen LogP) is 1.89.